The summed E-state index contributed by atoms with van der Waals surface area (Å²) in [6.45, 7) is 5.59. The Bertz CT molecular complexity index is 928. The highest BCUT2D eigenvalue weighted by atomic mass is 35.5. The Balaban J connectivity index is 1.65. The normalized spacial score (nSPS) is 18.3. The summed E-state index contributed by atoms with van der Waals surface area (Å²) in [4.78, 5) is 29.7. The third-order valence-electron chi connectivity index (χ3n) is 5.41. The van der Waals surface area contributed by atoms with E-state index in [9.17, 15) is 9.59 Å². The summed E-state index contributed by atoms with van der Waals surface area (Å²) in [7, 11) is 0. The topological polar surface area (TPSA) is 52.7 Å². The SMILES string of the molecule is CCN1c2cc(C(=O)Nc3ccc(C)c(Cl)c3)ccc2C(=O)N2CCCC21. The van der Waals surface area contributed by atoms with Gasteiger partial charge in [0.05, 0.1) is 11.3 Å². The van der Waals surface area contributed by atoms with E-state index in [1.807, 2.05) is 30.0 Å². The van der Waals surface area contributed by atoms with Gasteiger partial charge < -0.3 is 15.1 Å². The first-order valence-electron chi connectivity index (χ1n) is 9.28. The fraction of sp³-hybridized carbons (Fsp3) is 0.333. The summed E-state index contributed by atoms with van der Waals surface area (Å²) in [5.41, 5.74) is 3.66. The van der Waals surface area contributed by atoms with Crippen molar-refractivity contribution in [2.75, 3.05) is 23.3 Å². The van der Waals surface area contributed by atoms with Gasteiger partial charge in [-0.2, -0.15) is 0 Å². The van der Waals surface area contributed by atoms with E-state index < -0.39 is 0 Å². The number of carbonyl (C=O) groups excluding carboxylic acids is 2. The maximum Gasteiger partial charge on any atom is 0.257 e. The molecule has 0 aromatic heterocycles. The molecule has 0 spiro atoms. The minimum Gasteiger partial charge on any atom is -0.351 e. The van der Waals surface area contributed by atoms with Crippen molar-refractivity contribution < 1.29 is 9.59 Å². The van der Waals surface area contributed by atoms with Crippen LogP contribution in [0.2, 0.25) is 5.02 Å². The Kier molecular flexibility index (Phi) is 4.56. The number of nitrogens with zero attached hydrogens (tertiary/aromatic N) is 2. The lowest BCUT2D eigenvalue weighted by molar-refractivity contribution is 0.0715. The zero-order valence-corrected chi connectivity index (χ0v) is 16.2. The lowest BCUT2D eigenvalue weighted by Gasteiger charge is -2.41. The molecule has 0 radical (unpaired) electrons. The second kappa shape index (κ2) is 6.89. The van der Waals surface area contributed by atoms with Crippen molar-refractivity contribution in [2.24, 2.45) is 0 Å². The molecule has 140 valence electrons. The molecule has 2 heterocycles. The van der Waals surface area contributed by atoms with Crippen molar-refractivity contribution in [1.29, 1.82) is 0 Å². The Morgan fingerprint density at radius 2 is 2.07 bits per heavy atom. The van der Waals surface area contributed by atoms with Crippen molar-refractivity contribution >= 4 is 34.8 Å². The molecular formula is C21H22ClN3O2. The highest BCUT2D eigenvalue weighted by molar-refractivity contribution is 6.31. The van der Waals surface area contributed by atoms with Crippen molar-refractivity contribution in [2.45, 2.75) is 32.9 Å². The molecule has 1 saturated heterocycles. The predicted molar refractivity (Wildman–Crippen MR) is 108 cm³/mol. The summed E-state index contributed by atoms with van der Waals surface area (Å²) in [6, 6.07) is 10.8. The summed E-state index contributed by atoms with van der Waals surface area (Å²) in [5, 5.41) is 3.50. The smallest absolute Gasteiger partial charge is 0.257 e. The van der Waals surface area contributed by atoms with Crippen LogP contribution in [0.25, 0.3) is 0 Å². The molecule has 1 unspecified atom stereocenters. The maximum atomic E-state index is 12.8. The molecule has 2 aliphatic heterocycles. The average Bonchev–Trinajstić information content (AvgIpc) is 3.15. The fourth-order valence-electron chi connectivity index (χ4n) is 3.97. The predicted octanol–water partition coefficient (Wildman–Crippen LogP) is 4.30. The Morgan fingerprint density at radius 1 is 1.26 bits per heavy atom. The van der Waals surface area contributed by atoms with Crippen LogP contribution in [-0.2, 0) is 0 Å². The largest absolute Gasteiger partial charge is 0.351 e. The summed E-state index contributed by atoms with van der Waals surface area (Å²) in [5.74, 6) is -0.149. The van der Waals surface area contributed by atoms with E-state index in [1.165, 1.54) is 0 Å². The van der Waals surface area contributed by atoms with E-state index in [0.717, 1.165) is 37.2 Å². The minimum absolute atomic E-state index is 0.0643. The number of hydrogen-bond donors (Lipinski definition) is 1. The van der Waals surface area contributed by atoms with E-state index in [-0.39, 0.29) is 18.0 Å². The van der Waals surface area contributed by atoms with Crippen molar-refractivity contribution in [3.63, 3.8) is 0 Å². The van der Waals surface area contributed by atoms with Gasteiger partial charge in [-0.15, -0.1) is 0 Å². The summed E-state index contributed by atoms with van der Waals surface area (Å²) < 4.78 is 0. The second-order valence-electron chi connectivity index (χ2n) is 7.06. The molecule has 27 heavy (non-hydrogen) atoms. The zero-order valence-electron chi connectivity index (χ0n) is 15.5. The lowest BCUT2D eigenvalue weighted by atomic mass is 10.0. The minimum atomic E-state index is -0.213. The first-order valence-corrected chi connectivity index (χ1v) is 9.66. The molecule has 1 fully saturated rings. The molecule has 5 nitrogen and oxygen atoms in total. The van der Waals surface area contributed by atoms with E-state index in [0.29, 0.717) is 21.8 Å². The number of fused-ring (bicyclic) bond motifs is 2. The van der Waals surface area contributed by atoms with Crippen LogP contribution in [0.4, 0.5) is 11.4 Å². The number of benzene rings is 2. The summed E-state index contributed by atoms with van der Waals surface area (Å²) >= 11 is 6.14. The van der Waals surface area contributed by atoms with Gasteiger partial charge in [0, 0.05) is 29.4 Å². The van der Waals surface area contributed by atoms with Crippen LogP contribution in [0.15, 0.2) is 36.4 Å². The molecule has 2 amide bonds. The van der Waals surface area contributed by atoms with Crippen LogP contribution in [0.5, 0.6) is 0 Å². The molecule has 1 N–H and O–H groups in total. The van der Waals surface area contributed by atoms with Crippen LogP contribution >= 0.6 is 11.6 Å². The van der Waals surface area contributed by atoms with E-state index in [4.69, 9.17) is 11.6 Å². The van der Waals surface area contributed by atoms with Gasteiger partial charge in [0.2, 0.25) is 0 Å². The number of halogens is 1. The number of rotatable bonds is 3. The van der Waals surface area contributed by atoms with Crippen LogP contribution in [0, 0.1) is 6.92 Å². The van der Waals surface area contributed by atoms with E-state index in [2.05, 4.69) is 17.1 Å². The molecule has 6 heteroatoms. The van der Waals surface area contributed by atoms with Crippen LogP contribution < -0.4 is 10.2 Å². The second-order valence-corrected chi connectivity index (χ2v) is 7.46. The Hall–Kier alpha value is -2.53. The lowest BCUT2D eigenvalue weighted by Crippen LogP contribution is -2.52. The van der Waals surface area contributed by atoms with Crippen LogP contribution in [0.3, 0.4) is 0 Å². The van der Waals surface area contributed by atoms with Crippen LogP contribution in [0.1, 0.15) is 46.0 Å². The molecular weight excluding hydrogens is 362 g/mol. The first kappa shape index (κ1) is 17.9. The quantitative estimate of drug-likeness (QED) is 0.859. The molecule has 0 bridgehead atoms. The van der Waals surface area contributed by atoms with Gasteiger partial charge in [0.15, 0.2) is 0 Å². The monoisotopic (exact) mass is 383 g/mol. The number of amides is 2. The molecule has 0 saturated carbocycles. The van der Waals surface area contributed by atoms with Gasteiger partial charge in [-0.05, 0) is 62.6 Å². The van der Waals surface area contributed by atoms with E-state index in [1.54, 1.807) is 18.2 Å². The third-order valence-corrected chi connectivity index (χ3v) is 5.82. The Morgan fingerprint density at radius 3 is 2.81 bits per heavy atom. The number of aryl methyl sites for hydroxylation is 1. The highest BCUT2D eigenvalue weighted by Crippen LogP contribution is 2.36. The molecule has 2 aliphatic rings. The van der Waals surface area contributed by atoms with Gasteiger partial charge in [-0.25, -0.2) is 0 Å². The standard InChI is InChI=1S/C21H22ClN3O2/c1-3-24-18-11-14(20(26)23-15-8-6-13(2)17(22)12-15)7-9-16(18)21(27)25-10-4-5-19(24)25/h6-9,11-12,19H,3-5,10H2,1-2H3,(H,23,26). The van der Waals surface area contributed by atoms with E-state index >= 15 is 0 Å². The zero-order chi connectivity index (χ0) is 19.1. The van der Waals surface area contributed by atoms with Crippen LogP contribution in [-0.4, -0.2) is 36.0 Å². The average molecular weight is 384 g/mol. The Labute approximate surface area is 163 Å². The number of hydrogen-bond acceptors (Lipinski definition) is 3. The summed E-state index contributed by atoms with van der Waals surface area (Å²) in [6.07, 6.45) is 2.09. The molecule has 1 atom stereocenters. The molecule has 2 aromatic rings. The molecule has 2 aromatic carbocycles. The van der Waals surface area contributed by atoms with Crippen molar-refractivity contribution in [1.82, 2.24) is 4.90 Å². The van der Waals surface area contributed by atoms with Gasteiger partial charge in [0.25, 0.3) is 11.8 Å². The van der Waals surface area contributed by atoms with Gasteiger partial charge in [-0.1, -0.05) is 17.7 Å². The third kappa shape index (κ3) is 3.06. The van der Waals surface area contributed by atoms with Gasteiger partial charge in [-0.3, -0.25) is 9.59 Å². The first-order chi connectivity index (χ1) is 13.0. The number of anilines is 2. The van der Waals surface area contributed by atoms with Gasteiger partial charge >= 0.3 is 0 Å². The number of carbonyl (C=O) groups is 2. The molecule has 4 rings (SSSR count). The highest BCUT2D eigenvalue weighted by Gasteiger charge is 2.39. The van der Waals surface area contributed by atoms with Crippen molar-refractivity contribution in [3.05, 3.63) is 58.1 Å². The van der Waals surface area contributed by atoms with Gasteiger partial charge in [0.1, 0.15) is 6.17 Å². The maximum absolute atomic E-state index is 12.8. The van der Waals surface area contributed by atoms with Crippen molar-refractivity contribution in [3.8, 4) is 0 Å². The fourth-order valence-corrected chi connectivity index (χ4v) is 4.15. The molecule has 0 aliphatic carbocycles. The number of nitrogens with one attached hydrogen (secondary N) is 1.